The van der Waals surface area contributed by atoms with Crippen molar-refractivity contribution in [2.24, 2.45) is 0 Å². The summed E-state index contributed by atoms with van der Waals surface area (Å²) in [4.78, 5) is 40.3. The summed E-state index contributed by atoms with van der Waals surface area (Å²) >= 11 is 0. The van der Waals surface area contributed by atoms with Crippen molar-refractivity contribution in [1.82, 2.24) is 9.80 Å². The first-order chi connectivity index (χ1) is 12.0. The lowest BCUT2D eigenvalue weighted by atomic mass is 10.1. The lowest BCUT2D eigenvalue weighted by molar-refractivity contribution is -0.144. The van der Waals surface area contributed by atoms with Gasteiger partial charge >= 0.3 is 17.8 Å². The maximum atomic E-state index is 12.3. The van der Waals surface area contributed by atoms with E-state index in [4.69, 9.17) is 4.74 Å². The molecule has 0 aromatic heterocycles. The van der Waals surface area contributed by atoms with Gasteiger partial charge in [0.1, 0.15) is 0 Å². The molecule has 0 aliphatic carbocycles. The zero-order valence-corrected chi connectivity index (χ0v) is 14.8. The normalized spacial score (nSPS) is 14.9. The summed E-state index contributed by atoms with van der Waals surface area (Å²) in [6.45, 7) is 4.84. The minimum Gasteiger partial charge on any atom is -0.462 e. The molecule has 0 bridgehead atoms. The van der Waals surface area contributed by atoms with Crippen molar-refractivity contribution in [3.8, 4) is 0 Å². The number of esters is 1. The van der Waals surface area contributed by atoms with Gasteiger partial charge in [0, 0.05) is 26.2 Å². The molecular formula is C18H25N3O4. The minimum atomic E-state index is -0.738. The van der Waals surface area contributed by atoms with Gasteiger partial charge in [-0.25, -0.2) is 4.79 Å². The van der Waals surface area contributed by atoms with E-state index in [1.54, 1.807) is 24.3 Å². The molecule has 1 fully saturated rings. The molecule has 7 nitrogen and oxygen atoms in total. The summed E-state index contributed by atoms with van der Waals surface area (Å²) in [5.41, 5.74) is 0.537. The standard InChI is InChI=1S/C18H25N3O4/c1-3-4-13-25-18(24)14-7-5-6-8-15(14)19-16(22)17(23)21-11-9-20(2)10-12-21/h5-8H,3-4,9-13H2,1-2H3,(H,19,22). The van der Waals surface area contributed by atoms with Crippen LogP contribution in [-0.4, -0.2) is 67.4 Å². The first-order valence-electron chi connectivity index (χ1n) is 8.58. The summed E-state index contributed by atoms with van der Waals surface area (Å²) in [7, 11) is 1.97. The van der Waals surface area contributed by atoms with Gasteiger partial charge in [0.25, 0.3) is 0 Å². The zero-order valence-electron chi connectivity index (χ0n) is 14.8. The molecule has 1 aromatic carbocycles. The van der Waals surface area contributed by atoms with Crippen molar-refractivity contribution in [2.45, 2.75) is 19.8 Å². The largest absolute Gasteiger partial charge is 0.462 e. The molecule has 0 saturated carbocycles. The second-order valence-corrected chi connectivity index (χ2v) is 6.08. The van der Waals surface area contributed by atoms with Gasteiger partial charge in [-0.3, -0.25) is 9.59 Å². The third kappa shape index (κ3) is 5.29. The van der Waals surface area contributed by atoms with E-state index in [0.717, 1.165) is 25.9 Å². The minimum absolute atomic E-state index is 0.248. The van der Waals surface area contributed by atoms with E-state index in [9.17, 15) is 14.4 Å². The van der Waals surface area contributed by atoms with Crippen molar-refractivity contribution < 1.29 is 19.1 Å². The average Bonchev–Trinajstić information content (AvgIpc) is 2.62. The fraction of sp³-hybridized carbons (Fsp3) is 0.500. The predicted octanol–water partition coefficient (Wildman–Crippen LogP) is 1.36. The van der Waals surface area contributed by atoms with Crippen LogP contribution in [0.1, 0.15) is 30.1 Å². The van der Waals surface area contributed by atoms with E-state index in [1.165, 1.54) is 4.90 Å². The summed E-state index contributed by atoms with van der Waals surface area (Å²) < 4.78 is 5.19. The number of piperazine rings is 1. The lowest BCUT2D eigenvalue weighted by Gasteiger charge is -2.31. The Bertz CT molecular complexity index is 625. The molecule has 25 heavy (non-hydrogen) atoms. The Morgan fingerprint density at radius 1 is 1.12 bits per heavy atom. The molecule has 1 aromatic rings. The van der Waals surface area contributed by atoms with Crippen LogP contribution in [0.4, 0.5) is 5.69 Å². The summed E-state index contributed by atoms with van der Waals surface area (Å²) in [6.07, 6.45) is 1.70. The number of carbonyl (C=O) groups is 3. The number of nitrogens with one attached hydrogen (secondary N) is 1. The van der Waals surface area contributed by atoms with Crippen molar-refractivity contribution in [3.05, 3.63) is 29.8 Å². The molecule has 0 unspecified atom stereocenters. The summed E-state index contributed by atoms with van der Waals surface area (Å²) in [6, 6.07) is 6.54. The van der Waals surface area contributed by atoms with E-state index in [0.29, 0.717) is 19.7 Å². The van der Waals surface area contributed by atoms with Crippen LogP contribution in [0, 0.1) is 0 Å². The SMILES string of the molecule is CCCCOC(=O)c1ccccc1NC(=O)C(=O)N1CCN(C)CC1. The molecule has 1 saturated heterocycles. The first-order valence-corrected chi connectivity index (χ1v) is 8.58. The second-order valence-electron chi connectivity index (χ2n) is 6.08. The fourth-order valence-electron chi connectivity index (χ4n) is 2.49. The van der Waals surface area contributed by atoms with Gasteiger partial charge in [-0.05, 0) is 25.6 Å². The average molecular weight is 347 g/mol. The topological polar surface area (TPSA) is 78.9 Å². The van der Waals surface area contributed by atoms with Crippen LogP contribution in [0.15, 0.2) is 24.3 Å². The van der Waals surface area contributed by atoms with E-state index in [1.807, 2.05) is 14.0 Å². The molecule has 136 valence electrons. The van der Waals surface area contributed by atoms with Gasteiger partial charge in [0.2, 0.25) is 0 Å². The van der Waals surface area contributed by atoms with E-state index in [-0.39, 0.29) is 11.3 Å². The number of carbonyl (C=O) groups excluding carboxylic acids is 3. The molecule has 1 heterocycles. The first kappa shape index (κ1) is 18.9. The third-order valence-corrected chi connectivity index (χ3v) is 4.11. The van der Waals surface area contributed by atoms with Crippen LogP contribution in [0.3, 0.4) is 0 Å². The molecule has 7 heteroatoms. The molecular weight excluding hydrogens is 322 g/mol. The Hall–Kier alpha value is -2.41. The highest BCUT2D eigenvalue weighted by Crippen LogP contribution is 2.17. The van der Waals surface area contributed by atoms with Gasteiger partial charge in [0.15, 0.2) is 0 Å². The number of hydrogen-bond donors (Lipinski definition) is 1. The van der Waals surface area contributed by atoms with Crippen LogP contribution >= 0.6 is 0 Å². The molecule has 0 radical (unpaired) electrons. The molecule has 2 rings (SSSR count). The number of anilines is 1. The van der Waals surface area contributed by atoms with Crippen LogP contribution < -0.4 is 5.32 Å². The van der Waals surface area contributed by atoms with E-state index < -0.39 is 17.8 Å². The monoisotopic (exact) mass is 347 g/mol. The lowest BCUT2D eigenvalue weighted by Crippen LogP contribution is -2.50. The quantitative estimate of drug-likeness (QED) is 0.494. The van der Waals surface area contributed by atoms with Crippen molar-refractivity contribution >= 4 is 23.5 Å². The number of likely N-dealkylation sites (N-methyl/N-ethyl adjacent to an activating group) is 1. The molecule has 1 N–H and O–H groups in total. The van der Waals surface area contributed by atoms with Crippen molar-refractivity contribution in [1.29, 1.82) is 0 Å². The van der Waals surface area contributed by atoms with Gasteiger partial charge in [-0.15, -0.1) is 0 Å². The van der Waals surface area contributed by atoms with Crippen molar-refractivity contribution in [3.63, 3.8) is 0 Å². The number of rotatable bonds is 5. The number of para-hydroxylation sites is 1. The Balaban J connectivity index is 2.00. The highest BCUT2D eigenvalue weighted by molar-refractivity contribution is 6.39. The van der Waals surface area contributed by atoms with Crippen LogP contribution in [0.25, 0.3) is 0 Å². The number of nitrogens with zero attached hydrogens (tertiary/aromatic N) is 2. The summed E-state index contributed by atoms with van der Waals surface area (Å²) in [5.74, 6) is -1.82. The van der Waals surface area contributed by atoms with Crippen molar-refractivity contribution in [2.75, 3.05) is 45.2 Å². The summed E-state index contributed by atoms with van der Waals surface area (Å²) in [5, 5.41) is 2.55. The fourth-order valence-corrected chi connectivity index (χ4v) is 2.49. The Morgan fingerprint density at radius 3 is 2.48 bits per heavy atom. The van der Waals surface area contributed by atoms with Gasteiger partial charge in [0.05, 0.1) is 17.9 Å². The maximum absolute atomic E-state index is 12.3. The number of unbranched alkanes of at least 4 members (excludes halogenated alkanes) is 1. The smallest absolute Gasteiger partial charge is 0.340 e. The molecule has 1 aliphatic heterocycles. The van der Waals surface area contributed by atoms with E-state index >= 15 is 0 Å². The number of hydrogen-bond acceptors (Lipinski definition) is 5. The Morgan fingerprint density at radius 2 is 1.80 bits per heavy atom. The van der Waals surface area contributed by atoms with Crippen LogP contribution in [-0.2, 0) is 14.3 Å². The van der Waals surface area contributed by atoms with Crippen LogP contribution in [0.2, 0.25) is 0 Å². The third-order valence-electron chi connectivity index (χ3n) is 4.11. The predicted molar refractivity (Wildman–Crippen MR) is 94.3 cm³/mol. The molecule has 1 aliphatic rings. The second kappa shape index (κ2) is 9.17. The molecule has 0 spiro atoms. The van der Waals surface area contributed by atoms with E-state index in [2.05, 4.69) is 10.2 Å². The van der Waals surface area contributed by atoms with Gasteiger partial charge < -0.3 is 19.9 Å². The van der Waals surface area contributed by atoms with Crippen LogP contribution in [0.5, 0.6) is 0 Å². The highest BCUT2D eigenvalue weighted by atomic mass is 16.5. The van der Waals surface area contributed by atoms with Gasteiger partial charge in [-0.2, -0.15) is 0 Å². The molecule has 2 amide bonds. The Kier molecular flexibility index (Phi) is 6.94. The maximum Gasteiger partial charge on any atom is 0.340 e. The highest BCUT2D eigenvalue weighted by Gasteiger charge is 2.26. The molecule has 0 atom stereocenters. The number of amides is 2. The number of benzene rings is 1. The number of ether oxygens (including phenoxy) is 1. The Labute approximate surface area is 147 Å². The van der Waals surface area contributed by atoms with Gasteiger partial charge in [-0.1, -0.05) is 25.5 Å². The zero-order chi connectivity index (χ0) is 18.2.